The van der Waals surface area contributed by atoms with Crippen molar-refractivity contribution < 1.29 is 63.6 Å². The number of carbonyl (C=O) groups is 9. The van der Waals surface area contributed by atoms with Gasteiger partial charge in [0.25, 0.3) is 0 Å². The predicted molar refractivity (Wildman–Crippen MR) is 181 cm³/mol. The van der Waals surface area contributed by atoms with Crippen molar-refractivity contribution in [1.82, 2.24) is 31.9 Å². The summed E-state index contributed by atoms with van der Waals surface area (Å²) >= 11 is 0. The normalized spacial score (nSPS) is 14.8. The van der Waals surface area contributed by atoms with Crippen LogP contribution in [0.4, 0.5) is 0 Å². The van der Waals surface area contributed by atoms with Crippen LogP contribution in [0.3, 0.4) is 0 Å². The van der Waals surface area contributed by atoms with Crippen LogP contribution in [0.5, 0.6) is 5.75 Å². The van der Waals surface area contributed by atoms with Crippen LogP contribution in [0.25, 0.3) is 0 Å². The summed E-state index contributed by atoms with van der Waals surface area (Å²) in [6.07, 6.45) is -3.23. The fraction of sp³-hybridized carbons (Fsp3) is 0.516. The van der Waals surface area contributed by atoms with E-state index in [2.05, 4.69) is 31.9 Å². The quantitative estimate of drug-likeness (QED) is 0.0524. The molecule has 0 saturated carbocycles. The molecule has 22 heteroatoms. The second kappa shape index (κ2) is 21.5. The van der Waals surface area contributed by atoms with E-state index in [9.17, 15) is 63.6 Å². The number of carboxylic acid groups (broad SMARTS) is 1. The average Bonchev–Trinajstić information content (AvgIpc) is 3.06. The first kappa shape index (κ1) is 45.2. The monoisotopic (exact) mass is 753 g/mol. The summed E-state index contributed by atoms with van der Waals surface area (Å²) in [5.41, 5.74) is 16.3. The molecule has 0 aromatic heterocycles. The third-order valence-electron chi connectivity index (χ3n) is 7.35. The highest BCUT2D eigenvalue weighted by molar-refractivity contribution is 5.98. The summed E-state index contributed by atoms with van der Waals surface area (Å²) in [5, 5.41) is 52.2. The van der Waals surface area contributed by atoms with Gasteiger partial charge in [-0.25, -0.2) is 4.79 Å². The highest BCUT2D eigenvalue weighted by Crippen LogP contribution is 2.12. The van der Waals surface area contributed by atoms with Gasteiger partial charge >= 0.3 is 5.97 Å². The fourth-order valence-electron chi connectivity index (χ4n) is 4.49. The minimum atomic E-state index is -1.83. The number of carboxylic acids is 1. The van der Waals surface area contributed by atoms with Crippen molar-refractivity contribution in [3.8, 4) is 5.75 Å². The number of phenols is 1. The van der Waals surface area contributed by atoms with E-state index in [1.54, 1.807) is 13.8 Å². The first-order chi connectivity index (χ1) is 24.7. The lowest BCUT2D eigenvalue weighted by molar-refractivity contribution is -0.143. The number of rotatable bonds is 22. The van der Waals surface area contributed by atoms with E-state index in [1.165, 1.54) is 24.3 Å². The third kappa shape index (κ3) is 15.9. The second-order valence-electron chi connectivity index (χ2n) is 12.3. The topological polar surface area (TPSA) is 385 Å². The van der Waals surface area contributed by atoms with E-state index in [4.69, 9.17) is 17.2 Å². The van der Waals surface area contributed by atoms with Gasteiger partial charge in [0.15, 0.2) is 0 Å². The molecule has 16 N–H and O–H groups in total. The highest BCUT2D eigenvalue weighted by atomic mass is 16.4. The molecule has 0 spiro atoms. The molecule has 1 rings (SSSR count). The Morgan fingerprint density at radius 1 is 0.679 bits per heavy atom. The number of aliphatic carboxylic acids is 1. The van der Waals surface area contributed by atoms with E-state index in [0.717, 1.165) is 6.92 Å². The number of primary amides is 2. The minimum Gasteiger partial charge on any atom is -0.508 e. The number of aliphatic hydroxyl groups is 2. The molecule has 0 aliphatic rings. The van der Waals surface area contributed by atoms with Crippen LogP contribution >= 0.6 is 0 Å². The lowest BCUT2D eigenvalue weighted by atomic mass is 10.0. The van der Waals surface area contributed by atoms with E-state index in [0.29, 0.717) is 5.56 Å². The molecule has 1 aromatic rings. The van der Waals surface area contributed by atoms with Crippen molar-refractivity contribution in [2.24, 2.45) is 23.1 Å². The molecule has 0 saturated heterocycles. The number of benzene rings is 1. The number of phenolic OH excluding ortho intramolecular Hbond substituents is 1. The Kier molecular flexibility index (Phi) is 18.3. The van der Waals surface area contributed by atoms with E-state index in [-0.39, 0.29) is 12.2 Å². The largest absolute Gasteiger partial charge is 0.508 e. The van der Waals surface area contributed by atoms with Crippen molar-refractivity contribution >= 4 is 53.2 Å². The van der Waals surface area contributed by atoms with Gasteiger partial charge < -0.3 is 69.5 Å². The van der Waals surface area contributed by atoms with Crippen LogP contribution in [0.1, 0.15) is 39.2 Å². The lowest BCUT2D eigenvalue weighted by Gasteiger charge is -2.26. The molecule has 7 atom stereocenters. The molecule has 0 unspecified atom stereocenters. The number of hydrogen-bond donors (Lipinski definition) is 13. The van der Waals surface area contributed by atoms with Crippen LogP contribution in [0, 0.1) is 5.92 Å². The zero-order valence-corrected chi connectivity index (χ0v) is 29.2. The maximum Gasteiger partial charge on any atom is 0.326 e. The summed E-state index contributed by atoms with van der Waals surface area (Å²) in [6.45, 7) is 2.41. The zero-order valence-electron chi connectivity index (χ0n) is 29.2. The van der Waals surface area contributed by atoms with Crippen molar-refractivity contribution in [2.45, 2.75) is 82.4 Å². The van der Waals surface area contributed by atoms with Crippen molar-refractivity contribution in [3.63, 3.8) is 0 Å². The number of hydrogen-bond acceptors (Lipinski definition) is 13. The Labute approximate surface area is 303 Å². The number of nitrogens with two attached hydrogens (primary N) is 3. The SMILES string of the molecule is CC(C)[C@H](NC(=O)[C@@H](N)CC(N)=O)C(=O)NCC(=O)N[C@@H](CO)C(=O)N[C@@H](CC(N)=O)C(=O)N[C@H](C(=O)N[C@@H](Cc1ccc(O)cc1)C(=O)O)[C@@H](C)O. The van der Waals surface area contributed by atoms with Crippen LogP contribution < -0.4 is 49.1 Å². The third-order valence-corrected chi connectivity index (χ3v) is 7.35. The molecule has 8 amide bonds. The average molecular weight is 754 g/mol. The summed E-state index contributed by atoms with van der Waals surface area (Å²) in [7, 11) is 0. The van der Waals surface area contributed by atoms with Crippen molar-refractivity contribution in [1.29, 1.82) is 0 Å². The molecule has 53 heavy (non-hydrogen) atoms. The van der Waals surface area contributed by atoms with E-state index >= 15 is 0 Å². The maximum atomic E-state index is 13.2. The standard InChI is InChI=1S/C31H47N9O13/c1-13(2)24(39-26(47)17(32)9-21(33)44)29(50)35-11-23(46)36-20(12-41)28(49)37-18(10-22(34)45)27(48)40-25(14(3)42)30(51)38-19(31(52)53)8-15-4-6-16(43)7-5-15/h4-7,13-14,17-20,24-25,41-43H,8-12,32H2,1-3H3,(H2,33,44)(H2,34,45)(H,35,50)(H,36,46)(H,37,49)(H,38,51)(H,39,47)(H,40,48)(H,52,53)/t14-,17+,18+,19+,20+,24+,25+/m1/s1. The maximum absolute atomic E-state index is 13.2. The summed E-state index contributed by atoms with van der Waals surface area (Å²) in [6, 6.07) is -4.07. The van der Waals surface area contributed by atoms with E-state index < -0.39 is 127 Å². The molecule has 294 valence electrons. The van der Waals surface area contributed by atoms with Gasteiger partial charge in [-0.1, -0.05) is 26.0 Å². The minimum absolute atomic E-state index is 0.0819. The number of aromatic hydroxyl groups is 1. The Morgan fingerprint density at radius 3 is 1.70 bits per heavy atom. The van der Waals surface area contributed by atoms with Crippen LogP contribution in [0.15, 0.2) is 24.3 Å². The Balaban J connectivity index is 2.96. The summed E-state index contributed by atoms with van der Waals surface area (Å²) in [5.74, 6) is -10.4. The Bertz CT molecular complexity index is 1500. The van der Waals surface area contributed by atoms with Gasteiger partial charge in [-0.2, -0.15) is 0 Å². The summed E-state index contributed by atoms with van der Waals surface area (Å²) < 4.78 is 0. The Hall–Kier alpha value is -5.87. The fourth-order valence-corrected chi connectivity index (χ4v) is 4.49. The molecular formula is C31H47N9O13. The molecule has 0 heterocycles. The Morgan fingerprint density at radius 2 is 1.21 bits per heavy atom. The van der Waals surface area contributed by atoms with Crippen LogP contribution in [0.2, 0.25) is 0 Å². The molecule has 0 aliphatic carbocycles. The molecule has 0 radical (unpaired) electrons. The first-order valence-electron chi connectivity index (χ1n) is 16.1. The van der Waals surface area contributed by atoms with Gasteiger partial charge in [0.05, 0.1) is 38.1 Å². The smallest absolute Gasteiger partial charge is 0.326 e. The van der Waals surface area contributed by atoms with Crippen molar-refractivity contribution in [2.75, 3.05) is 13.2 Å². The van der Waals surface area contributed by atoms with Gasteiger partial charge in [0.1, 0.15) is 36.0 Å². The van der Waals surface area contributed by atoms with Gasteiger partial charge in [-0.05, 0) is 30.5 Å². The number of aliphatic hydroxyl groups excluding tert-OH is 2. The van der Waals surface area contributed by atoms with Gasteiger partial charge in [0.2, 0.25) is 47.3 Å². The summed E-state index contributed by atoms with van der Waals surface area (Å²) in [4.78, 5) is 111. The first-order valence-corrected chi connectivity index (χ1v) is 16.1. The molecular weight excluding hydrogens is 706 g/mol. The van der Waals surface area contributed by atoms with Gasteiger partial charge in [-0.15, -0.1) is 0 Å². The van der Waals surface area contributed by atoms with Crippen LogP contribution in [-0.2, 0) is 49.6 Å². The number of amides is 8. The highest BCUT2D eigenvalue weighted by Gasteiger charge is 2.34. The van der Waals surface area contributed by atoms with Crippen molar-refractivity contribution in [3.05, 3.63) is 29.8 Å². The number of carbonyl (C=O) groups excluding carboxylic acids is 8. The number of nitrogens with one attached hydrogen (secondary N) is 6. The van der Waals surface area contributed by atoms with Crippen LogP contribution in [-0.4, -0.2) is 129 Å². The van der Waals surface area contributed by atoms with Gasteiger partial charge in [-0.3, -0.25) is 38.4 Å². The van der Waals surface area contributed by atoms with Gasteiger partial charge in [0, 0.05) is 6.42 Å². The second-order valence-corrected chi connectivity index (χ2v) is 12.3. The molecule has 1 aromatic carbocycles. The molecule has 0 bridgehead atoms. The zero-order chi connectivity index (χ0) is 40.6. The molecule has 22 nitrogen and oxygen atoms in total. The predicted octanol–water partition coefficient (Wildman–Crippen LogP) is -6.33. The molecule has 0 fully saturated rings. The molecule has 0 aliphatic heterocycles. The van der Waals surface area contributed by atoms with E-state index in [1.807, 2.05) is 0 Å². The lowest BCUT2D eigenvalue weighted by Crippen LogP contribution is -2.61.